The van der Waals surface area contributed by atoms with Crippen molar-refractivity contribution in [2.24, 2.45) is 0 Å². The maximum Gasteiger partial charge on any atom is 0.259 e. The van der Waals surface area contributed by atoms with E-state index in [1.54, 1.807) is 43.1 Å². The minimum atomic E-state index is -0.517. The van der Waals surface area contributed by atoms with Gasteiger partial charge in [-0.2, -0.15) is 0 Å². The second kappa shape index (κ2) is 7.37. The van der Waals surface area contributed by atoms with E-state index < -0.39 is 17.9 Å². The molecule has 0 aliphatic rings. The summed E-state index contributed by atoms with van der Waals surface area (Å²) in [4.78, 5) is 25.2. The molecule has 2 amide bonds. The van der Waals surface area contributed by atoms with Crippen LogP contribution in [-0.4, -0.2) is 48.1 Å². The molecule has 0 spiro atoms. The molecular formula is C13H17BrN2O3. The molecule has 0 fully saturated rings. The zero-order valence-electron chi connectivity index (χ0n) is 10.9. The van der Waals surface area contributed by atoms with Gasteiger partial charge in [0.15, 0.2) is 0 Å². The highest BCUT2D eigenvalue weighted by Gasteiger charge is 2.14. The summed E-state index contributed by atoms with van der Waals surface area (Å²) < 4.78 is 0.637. The van der Waals surface area contributed by atoms with Crippen LogP contribution in [0, 0.1) is 0 Å². The van der Waals surface area contributed by atoms with Crippen molar-refractivity contribution in [3.8, 4) is 0 Å². The number of nitrogens with zero attached hydrogens (tertiary/aromatic N) is 1. The molecule has 0 saturated heterocycles. The van der Waals surface area contributed by atoms with Gasteiger partial charge in [0, 0.05) is 11.0 Å². The molecule has 0 aliphatic carbocycles. The van der Waals surface area contributed by atoms with E-state index in [4.69, 9.17) is 0 Å². The molecular weight excluding hydrogens is 312 g/mol. The van der Waals surface area contributed by atoms with E-state index in [1.165, 1.54) is 0 Å². The molecule has 0 aromatic heterocycles. The van der Waals surface area contributed by atoms with Crippen molar-refractivity contribution in [2.75, 3.05) is 20.1 Å². The lowest BCUT2D eigenvalue weighted by Crippen LogP contribution is -2.40. The van der Waals surface area contributed by atoms with E-state index in [0.717, 1.165) is 0 Å². The number of benzene rings is 1. The van der Waals surface area contributed by atoms with Gasteiger partial charge in [-0.1, -0.05) is 12.1 Å². The van der Waals surface area contributed by atoms with Crippen molar-refractivity contribution in [1.29, 1.82) is 0 Å². The van der Waals surface area contributed by atoms with Crippen molar-refractivity contribution in [3.63, 3.8) is 0 Å². The summed E-state index contributed by atoms with van der Waals surface area (Å²) in [7, 11) is 1.70. The van der Waals surface area contributed by atoms with E-state index in [2.05, 4.69) is 21.2 Å². The second-order valence-corrected chi connectivity index (χ2v) is 5.26. The summed E-state index contributed by atoms with van der Waals surface area (Å²) in [6.07, 6.45) is -0.517. The fourth-order valence-electron chi connectivity index (χ4n) is 1.64. The maximum absolute atomic E-state index is 11.8. The van der Waals surface area contributed by atoms with Crippen molar-refractivity contribution >= 4 is 27.7 Å². The molecule has 1 aromatic carbocycles. The first-order chi connectivity index (χ1) is 8.90. The Bertz CT molecular complexity index is 463. The summed E-state index contributed by atoms with van der Waals surface area (Å²) in [6.45, 7) is 2.07. The summed E-state index contributed by atoms with van der Waals surface area (Å²) in [5.41, 5.74) is 0.411. The van der Waals surface area contributed by atoms with Crippen LogP contribution in [0.25, 0.3) is 0 Å². The number of rotatable bonds is 5. The molecule has 104 valence electrons. The van der Waals surface area contributed by atoms with Crippen LogP contribution in [0.4, 0.5) is 0 Å². The number of imide groups is 1. The lowest BCUT2D eigenvalue weighted by atomic mass is 10.2. The number of hydrogen-bond acceptors (Lipinski definition) is 4. The van der Waals surface area contributed by atoms with Gasteiger partial charge in [-0.3, -0.25) is 19.8 Å². The first-order valence-electron chi connectivity index (χ1n) is 5.85. The molecule has 6 heteroatoms. The van der Waals surface area contributed by atoms with Crippen LogP contribution >= 0.6 is 15.9 Å². The molecule has 5 nitrogen and oxygen atoms in total. The molecule has 0 aliphatic heterocycles. The van der Waals surface area contributed by atoms with Crippen LogP contribution in [0.2, 0.25) is 0 Å². The van der Waals surface area contributed by atoms with Gasteiger partial charge in [-0.05, 0) is 42.0 Å². The van der Waals surface area contributed by atoms with Crippen molar-refractivity contribution in [2.45, 2.75) is 13.0 Å². The van der Waals surface area contributed by atoms with Gasteiger partial charge in [0.2, 0.25) is 5.91 Å². The lowest BCUT2D eigenvalue weighted by molar-refractivity contribution is -0.121. The Kier molecular flexibility index (Phi) is 6.14. The first kappa shape index (κ1) is 15.8. The van der Waals surface area contributed by atoms with Crippen molar-refractivity contribution < 1.29 is 14.7 Å². The molecule has 1 atom stereocenters. The number of amides is 2. The summed E-state index contributed by atoms with van der Waals surface area (Å²) in [5.74, 6) is -0.841. The van der Waals surface area contributed by atoms with Gasteiger partial charge < -0.3 is 5.11 Å². The highest BCUT2D eigenvalue weighted by Crippen LogP contribution is 2.15. The third kappa shape index (κ3) is 5.50. The van der Waals surface area contributed by atoms with Crippen LogP contribution in [0.3, 0.4) is 0 Å². The summed E-state index contributed by atoms with van der Waals surface area (Å²) in [6, 6.07) is 6.88. The Morgan fingerprint density at radius 3 is 2.63 bits per heavy atom. The molecule has 19 heavy (non-hydrogen) atoms. The maximum atomic E-state index is 11.8. The minimum Gasteiger partial charge on any atom is -0.392 e. The lowest BCUT2D eigenvalue weighted by Gasteiger charge is -2.17. The number of likely N-dealkylation sites (N-methyl/N-ethyl adjacent to an activating group) is 1. The van der Waals surface area contributed by atoms with Crippen LogP contribution in [0.15, 0.2) is 28.7 Å². The second-order valence-electron chi connectivity index (χ2n) is 4.40. The van der Waals surface area contributed by atoms with E-state index in [-0.39, 0.29) is 6.54 Å². The standard InChI is InChI=1S/C13H17BrN2O3/c1-9(17)7-16(2)8-12(18)15-13(19)10-5-3-4-6-11(10)14/h3-6,9,17H,7-8H2,1-2H3,(H,15,18,19). The Morgan fingerprint density at radius 1 is 1.42 bits per heavy atom. The average molecular weight is 329 g/mol. The molecule has 1 aromatic rings. The Labute approximate surface area is 120 Å². The monoisotopic (exact) mass is 328 g/mol. The predicted octanol–water partition coefficient (Wildman–Crippen LogP) is 1.02. The highest BCUT2D eigenvalue weighted by molar-refractivity contribution is 9.10. The Balaban J connectivity index is 2.53. The van der Waals surface area contributed by atoms with Crippen LogP contribution < -0.4 is 5.32 Å². The van der Waals surface area contributed by atoms with Gasteiger partial charge in [0.25, 0.3) is 5.91 Å². The smallest absolute Gasteiger partial charge is 0.259 e. The van der Waals surface area contributed by atoms with Gasteiger partial charge in [-0.25, -0.2) is 0 Å². The SMILES string of the molecule is CC(O)CN(C)CC(=O)NC(=O)c1ccccc1Br. The molecule has 0 radical (unpaired) electrons. The fraction of sp³-hybridized carbons (Fsp3) is 0.385. The number of aliphatic hydroxyl groups excluding tert-OH is 1. The Morgan fingerprint density at radius 2 is 2.05 bits per heavy atom. The number of carbonyl (C=O) groups excluding carboxylic acids is 2. The number of nitrogens with one attached hydrogen (secondary N) is 1. The third-order valence-corrected chi connectivity index (χ3v) is 3.05. The highest BCUT2D eigenvalue weighted by atomic mass is 79.9. The molecule has 0 saturated carbocycles. The van der Waals surface area contributed by atoms with Crippen LogP contribution in [0.1, 0.15) is 17.3 Å². The topological polar surface area (TPSA) is 69.6 Å². The number of halogens is 1. The minimum absolute atomic E-state index is 0.0566. The van der Waals surface area contributed by atoms with E-state index >= 15 is 0 Å². The van der Waals surface area contributed by atoms with Crippen LogP contribution in [-0.2, 0) is 4.79 Å². The van der Waals surface area contributed by atoms with Gasteiger partial charge >= 0.3 is 0 Å². The van der Waals surface area contributed by atoms with E-state index in [9.17, 15) is 14.7 Å². The van der Waals surface area contributed by atoms with Crippen molar-refractivity contribution in [1.82, 2.24) is 10.2 Å². The zero-order valence-corrected chi connectivity index (χ0v) is 12.5. The van der Waals surface area contributed by atoms with Gasteiger partial charge in [0.1, 0.15) is 0 Å². The number of aliphatic hydroxyl groups is 1. The normalized spacial score (nSPS) is 12.3. The van der Waals surface area contributed by atoms with Gasteiger partial charge in [0.05, 0.1) is 18.2 Å². The predicted molar refractivity (Wildman–Crippen MR) is 75.8 cm³/mol. The van der Waals surface area contributed by atoms with Crippen LogP contribution in [0.5, 0.6) is 0 Å². The molecule has 0 bridgehead atoms. The molecule has 2 N–H and O–H groups in total. The Hall–Kier alpha value is -1.24. The van der Waals surface area contributed by atoms with Gasteiger partial charge in [-0.15, -0.1) is 0 Å². The van der Waals surface area contributed by atoms with Crippen molar-refractivity contribution in [3.05, 3.63) is 34.3 Å². The number of carbonyl (C=O) groups is 2. The van der Waals surface area contributed by atoms with E-state index in [1.807, 2.05) is 0 Å². The first-order valence-corrected chi connectivity index (χ1v) is 6.64. The summed E-state index contributed by atoms with van der Waals surface area (Å²) >= 11 is 3.25. The summed E-state index contributed by atoms with van der Waals surface area (Å²) in [5, 5.41) is 11.5. The third-order valence-electron chi connectivity index (χ3n) is 2.36. The van der Waals surface area contributed by atoms with E-state index in [0.29, 0.717) is 16.6 Å². The molecule has 1 unspecified atom stereocenters. The molecule has 1 rings (SSSR count). The number of hydrogen-bond donors (Lipinski definition) is 2. The quantitative estimate of drug-likeness (QED) is 0.846. The fourth-order valence-corrected chi connectivity index (χ4v) is 2.10. The zero-order chi connectivity index (χ0) is 14.4. The molecule has 0 heterocycles. The largest absolute Gasteiger partial charge is 0.392 e. The average Bonchev–Trinajstić information content (AvgIpc) is 2.27.